The van der Waals surface area contributed by atoms with E-state index in [2.05, 4.69) is 41.7 Å². The van der Waals surface area contributed by atoms with Crippen LogP contribution in [0.25, 0.3) is 0 Å². The van der Waals surface area contributed by atoms with E-state index in [0.29, 0.717) is 70.0 Å². The summed E-state index contributed by atoms with van der Waals surface area (Å²) in [5, 5.41) is 4.35. The van der Waals surface area contributed by atoms with E-state index in [1.54, 1.807) is 117 Å². The second-order valence-electron chi connectivity index (χ2n) is 35.7. The molecule has 5 aromatic rings. The van der Waals surface area contributed by atoms with Crippen molar-refractivity contribution in [1.82, 2.24) is 10.4 Å². The third-order valence-corrected chi connectivity index (χ3v) is 25.7. The Hall–Kier alpha value is -5.81. The number of unbranched alkanes of at least 4 members (excludes halogenated alkanes) is 7. The minimum atomic E-state index is -3.75. The first-order chi connectivity index (χ1) is 62.9. The lowest BCUT2D eigenvalue weighted by Gasteiger charge is -2.37. The fourth-order valence-corrected chi connectivity index (χ4v) is 19.1. The number of hydrogen-bond donors (Lipinski definition) is 1. The van der Waals surface area contributed by atoms with Gasteiger partial charge in [0.1, 0.15) is 23.9 Å². The van der Waals surface area contributed by atoms with Gasteiger partial charge in [0.25, 0.3) is 11.8 Å². The SMILES string of the molecule is CCOCC(C)COP(=O)(OCCOc1ccc(C(OC)OC)cc1)OC(C)(C)C.COCCOCCOP(=O)(OCCCCCCCCCC(=O)ON1C(=O)CCC1=O)OC(C)(C)C.COc1ccc(C(NCCOCCOP(=O)(OC(C)C)OC(C)(C)C)(c2ccccc2)c2ccccc2)cc1.COc1ccc(C2OCC(CCCCOP(=O)(OC(C)C)OC(C)(C)C)O2)cc1. The third kappa shape index (κ3) is 50.6. The van der Waals surface area contributed by atoms with E-state index in [4.69, 9.17) is 111 Å². The number of carbonyl (C=O) groups is 3. The van der Waals surface area contributed by atoms with E-state index in [1.165, 1.54) is 0 Å². The number of amides is 2. The molecule has 0 saturated carbocycles. The Morgan fingerprint density at radius 3 is 1.35 bits per heavy atom. The van der Waals surface area contributed by atoms with Crippen molar-refractivity contribution >= 4 is 49.1 Å². The summed E-state index contributed by atoms with van der Waals surface area (Å²) in [5.74, 6) is 0.814. The highest BCUT2D eigenvalue weighted by molar-refractivity contribution is 7.49. The Bertz CT molecular complexity index is 4130. The van der Waals surface area contributed by atoms with E-state index in [9.17, 15) is 32.6 Å². The number of methoxy groups -OCH3 is 5. The maximum absolute atomic E-state index is 13.0. The number of hydrogen-bond acceptors (Lipinski definition) is 32. The number of hydroxylamine groups is 2. The molecular weight excluding hydrogens is 1800 g/mol. The number of rotatable bonds is 61. The van der Waals surface area contributed by atoms with Crippen LogP contribution in [0.15, 0.2) is 133 Å². The van der Waals surface area contributed by atoms with Gasteiger partial charge in [-0.1, -0.05) is 136 Å². The molecule has 133 heavy (non-hydrogen) atoms. The Morgan fingerprint density at radius 2 is 0.872 bits per heavy atom. The fraction of sp³-hybridized carbons (Fsp3) is 0.656. The molecule has 0 aliphatic carbocycles. The summed E-state index contributed by atoms with van der Waals surface area (Å²) >= 11 is 0. The van der Waals surface area contributed by atoms with Gasteiger partial charge in [-0.25, -0.2) is 23.1 Å². The fourth-order valence-electron chi connectivity index (χ4n) is 12.7. The molecule has 7 unspecified atom stereocenters. The van der Waals surface area contributed by atoms with Gasteiger partial charge in [0, 0.05) is 70.8 Å². The van der Waals surface area contributed by atoms with Gasteiger partial charge in [-0.05, 0) is 203 Å². The normalized spacial score (nSPS) is 16.5. The van der Waals surface area contributed by atoms with E-state index >= 15 is 0 Å². The summed E-state index contributed by atoms with van der Waals surface area (Å²) in [6.07, 6.45) is 7.52. The van der Waals surface area contributed by atoms with Gasteiger partial charge < -0.3 is 56.9 Å². The summed E-state index contributed by atoms with van der Waals surface area (Å²) in [6, 6.07) is 43.8. The highest BCUT2D eigenvalue weighted by Gasteiger charge is 2.40. The van der Waals surface area contributed by atoms with E-state index in [0.717, 1.165) is 97.1 Å². The quantitative estimate of drug-likeness (QED) is 0.0124. The molecule has 37 heteroatoms. The lowest BCUT2D eigenvalue weighted by atomic mass is 9.77. The minimum absolute atomic E-state index is 0.0339. The molecule has 0 bridgehead atoms. The number of imide groups is 1. The zero-order chi connectivity index (χ0) is 98.6. The van der Waals surface area contributed by atoms with Crippen LogP contribution in [0.1, 0.15) is 248 Å². The summed E-state index contributed by atoms with van der Waals surface area (Å²) in [7, 11) is -6.69. The second kappa shape index (κ2) is 62.3. The number of nitrogens with zero attached hydrogens (tertiary/aromatic N) is 1. The summed E-state index contributed by atoms with van der Waals surface area (Å²) < 4.78 is 178. The van der Waals surface area contributed by atoms with Gasteiger partial charge in [0.05, 0.1) is 146 Å². The van der Waals surface area contributed by atoms with Crippen molar-refractivity contribution in [1.29, 1.82) is 0 Å². The topological polar surface area (TPSA) is 356 Å². The average molecular weight is 1960 g/mol. The van der Waals surface area contributed by atoms with Crippen LogP contribution < -0.4 is 19.5 Å². The van der Waals surface area contributed by atoms with Gasteiger partial charge in [0.15, 0.2) is 12.6 Å². The van der Waals surface area contributed by atoms with Crippen LogP contribution in [-0.4, -0.2) is 205 Å². The van der Waals surface area contributed by atoms with Crippen molar-refractivity contribution in [2.75, 3.05) is 141 Å². The van der Waals surface area contributed by atoms with Crippen molar-refractivity contribution in [3.63, 3.8) is 0 Å². The molecule has 2 amide bonds. The number of phosphoric ester groups is 4. The number of ether oxygens (including phenoxy) is 11. The maximum Gasteiger partial charge on any atom is 0.475 e. The zero-order valence-electron chi connectivity index (χ0n) is 83.1. The number of phosphoric acid groups is 4. The van der Waals surface area contributed by atoms with Crippen molar-refractivity contribution in [3.8, 4) is 17.2 Å². The van der Waals surface area contributed by atoms with Crippen LogP contribution in [0.3, 0.4) is 0 Å². The second-order valence-corrected chi connectivity index (χ2v) is 42.0. The van der Waals surface area contributed by atoms with Gasteiger partial charge in [-0.2, -0.15) is 0 Å². The number of benzene rings is 5. The number of nitrogens with one attached hydrogen (secondary N) is 1. The predicted octanol–water partition coefficient (Wildman–Crippen LogP) is 21.9. The molecule has 2 aliphatic heterocycles. The molecule has 0 radical (unpaired) electrons. The molecule has 2 fully saturated rings. The molecule has 0 aromatic heterocycles. The van der Waals surface area contributed by atoms with Crippen LogP contribution in [0.5, 0.6) is 17.2 Å². The van der Waals surface area contributed by atoms with Crippen LogP contribution in [0.4, 0.5) is 0 Å². The Labute approximate surface area is 791 Å². The van der Waals surface area contributed by atoms with Gasteiger partial charge in [-0.15, -0.1) is 5.06 Å². The zero-order valence-corrected chi connectivity index (χ0v) is 86.6. The van der Waals surface area contributed by atoms with Crippen LogP contribution in [0, 0.1) is 5.92 Å². The van der Waals surface area contributed by atoms with Gasteiger partial charge >= 0.3 is 37.3 Å². The molecule has 756 valence electrons. The smallest absolute Gasteiger partial charge is 0.475 e. The van der Waals surface area contributed by atoms with Crippen LogP contribution in [0.2, 0.25) is 0 Å². The molecular formula is C96H156N2O31P4. The van der Waals surface area contributed by atoms with Crippen molar-refractivity contribution < 1.29 is 144 Å². The largest absolute Gasteiger partial charge is 0.497 e. The molecule has 33 nitrogen and oxygen atoms in total. The first-order valence-electron chi connectivity index (χ1n) is 45.8. The highest BCUT2D eigenvalue weighted by Crippen LogP contribution is 2.57. The summed E-state index contributed by atoms with van der Waals surface area (Å²) in [5.41, 5.74) is 1.87. The van der Waals surface area contributed by atoms with Gasteiger partial charge in [-0.3, -0.25) is 69.2 Å². The van der Waals surface area contributed by atoms with Crippen molar-refractivity contribution in [2.45, 2.75) is 267 Å². The van der Waals surface area contributed by atoms with Crippen molar-refractivity contribution in [2.24, 2.45) is 5.92 Å². The summed E-state index contributed by atoms with van der Waals surface area (Å²) in [4.78, 5) is 39.5. The third-order valence-electron chi connectivity index (χ3n) is 18.3. The first-order valence-corrected chi connectivity index (χ1v) is 51.7. The molecule has 7 atom stereocenters. The predicted molar refractivity (Wildman–Crippen MR) is 508 cm³/mol. The molecule has 5 aromatic carbocycles. The average Bonchev–Trinajstić information content (AvgIpc) is 0.916. The Balaban J connectivity index is 0.000000373. The van der Waals surface area contributed by atoms with Crippen molar-refractivity contribution in [3.05, 3.63) is 161 Å². The van der Waals surface area contributed by atoms with E-state index in [1.807, 2.05) is 140 Å². The lowest BCUT2D eigenvalue weighted by molar-refractivity contribution is -0.197. The monoisotopic (exact) mass is 1960 g/mol. The lowest BCUT2D eigenvalue weighted by Crippen LogP contribution is -2.46. The minimum Gasteiger partial charge on any atom is -0.497 e. The first kappa shape index (κ1) is 119. The van der Waals surface area contributed by atoms with Crippen LogP contribution >= 0.6 is 31.3 Å². The van der Waals surface area contributed by atoms with E-state index in [-0.39, 0.29) is 103 Å². The molecule has 2 saturated heterocycles. The molecule has 2 aliphatic rings. The Kier molecular flexibility index (Phi) is 56.0. The van der Waals surface area contributed by atoms with Gasteiger partial charge in [0.2, 0.25) is 0 Å². The molecule has 0 spiro atoms. The Morgan fingerprint density at radius 1 is 0.451 bits per heavy atom. The maximum atomic E-state index is 13.0. The number of carbonyl (C=O) groups excluding carboxylic acids is 3. The molecule has 7 rings (SSSR count). The van der Waals surface area contributed by atoms with E-state index < -0.39 is 83.3 Å². The standard InChI is InChI=1S/C31H42NO6P.C23H42NO10P.C21H37O8P.C21H35O7P/c1-25(2)37-39(33,38-30(3,4)5)36-24-23-35-22-21-32-31(26-13-9-7-10-14-26,27-15-11-8-12-16-27)28-17-19-29(34-6)20-18-28;1-23(2,3)34-35(28,32-19-18-30-17-16-29-4)31-15-11-9-7-5-6-8-10-12-22(27)33-24-20(25)13-14-21(24)26;1-8-25-15-17(2)16-28-30(22,29-21(3,4)5)27-14-13-26-19-11-9-18(10-12-19)20(23-6)24-7;1-16(2)27-29(22,28-21(3,4)5)25-14-8-7-9-19-15-24-20(26-19)17-10-12-18(23-6)13-11-17/h7-20,25,32H,21-24H2,1-6H3;5-19H2,1-4H3;9-12,17,20H,8,13-16H2,1-7H3;10-13,16,19-20H,7-9,14-15H2,1-6H3. The van der Waals surface area contributed by atoms with Crippen LogP contribution in [-0.2, 0) is 135 Å². The highest BCUT2D eigenvalue weighted by atomic mass is 31.2. The molecule has 2 heterocycles. The summed E-state index contributed by atoms with van der Waals surface area (Å²) in [6.45, 7) is 37.9. The molecule has 1 N–H and O–H groups in total.